The number of carbonyl (C=O) groups is 1. The molecular formula is C16H23BrN2O2. The number of aryl methyl sites for hydroxylation is 1. The zero-order chi connectivity index (χ0) is 15.2. The quantitative estimate of drug-likeness (QED) is 0.853. The van der Waals surface area contributed by atoms with Crippen LogP contribution in [-0.4, -0.2) is 18.6 Å². The number of nitrogens with two attached hydrogens (primary N) is 1. The molecule has 1 aliphatic carbocycles. The van der Waals surface area contributed by atoms with Crippen LogP contribution in [0.3, 0.4) is 0 Å². The molecule has 0 aliphatic heterocycles. The molecular weight excluding hydrogens is 332 g/mol. The van der Waals surface area contributed by atoms with E-state index in [0.717, 1.165) is 34.2 Å². The van der Waals surface area contributed by atoms with Gasteiger partial charge in [-0.1, -0.05) is 35.2 Å². The molecule has 0 saturated heterocycles. The first-order chi connectivity index (χ1) is 10.1. The molecule has 116 valence electrons. The van der Waals surface area contributed by atoms with Crippen LogP contribution in [-0.2, 0) is 11.3 Å². The summed E-state index contributed by atoms with van der Waals surface area (Å²) in [4.78, 5) is 12.0. The highest BCUT2D eigenvalue weighted by Gasteiger charge is 2.16. The van der Waals surface area contributed by atoms with Crippen LogP contribution in [0.25, 0.3) is 0 Å². The average Bonchev–Trinajstić information content (AvgIpc) is 2.46. The number of halogens is 1. The van der Waals surface area contributed by atoms with Gasteiger partial charge in [0, 0.05) is 22.6 Å². The second-order valence-electron chi connectivity index (χ2n) is 5.61. The molecule has 1 aromatic rings. The van der Waals surface area contributed by atoms with Gasteiger partial charge < -0.3 is 15.8 Å². The van der Waals surface area contributed by atoms with Gasteiger partial charge in [0.05, 0.1) is 0 Å². The Balaban J connectivity index is 1.91. The van der Waals surface area contributed by atoms with Gasteiger partial charge >= 0.3 is 0 Å². The van der Waals surface area contributed by atoms with Crippen molar-refractivity contribution in [2.45, 2.75) is 51.6 Å². The minimum atomic E-state index is -0.0489. The minimum absolute atomic E-state index is 0.0476. The fourth-order valence-corrected chi connectivity index (χ4v) is 3.43. The first-order valence-electron chi connectivity index (χ1n) is 7.51. The van der Waals surface area contributed by atoms with Crippen LogP contribution in [0.15, 0.2) is 16.6 Å². The Bertz CT molecular complexity index is 499. The Hall–Kier alpha value is -1.07. The van der Waals surface area contributed by atoms with Gasteiger partial charge in [-0.3, -0.25) is 4.79 Å². The molecule has 4 nitrogen and oxygen atoms in total. The van der Waals surface area contributed by atoms with Crippen molar-refractivity contribution in [1.82, 2.24) is 5.32 Å². The van der Waals surface area contributed by atoms with Crippen molar-refractivity contribution in [1.29, 1.82) is 0 Å². The summed E-state index contributed by atoms with van der Waals surface area (Å²) in [5.74, 6) is 0.673. The van der Waals surface area contributed by atoms with Gasteiger partial charge in [-0.05, 0) is 37.5 Å². The maximum absolute atomic E-state index is 12.0. The van der Waals surface area contributed by atoms with Crippen LogP contribution in [0.2, 0.25) is 0 Å². The van der Waals surface area contributed by atoms with Crippen LogP contribution in [0.4, 0.5) is 0 Å². The first kappa shape index (κ1) is 16.3. The smallest absolute Gasteiger partial charge is 0.258 e. The van der Waals surface area contributed by atoms with Crippen molar-refractivity contribution in [2.75, 3.05) is 6.61 Å². The zero-order valence-electron chi connectivity index (χ0n) is 12.5. The molecule has 3 N–H and O–H groups in total. The molecule has 5 heteroatoms. The van der Waals surface area contributed by atoms with Crippen molar-refractivity contribution in [3.63, 3.8) is 0 Å². The van der Waals surface area contributed by atoms with Crippen molar-refractivity contribution >= 4 is 21.8 Å². The molecule has 1 fully saturated rings. The van der Waals surface area contributed by atoms with Crippen molar-refractivity contribution in [2.24, 2.45) is 5.73 Å². The van der Waals surface area contributed by atoms with Crippen LogP contribution >= 0.6 is 15.9 Å². The van der Waals surface area contributed by atoms with Crippen molar-refractivity contribution < 1.29 is 9.53 Å². The lowest BCUT2D eigenvalue weighted by Crippen LogP contribution is -2.39. The van der Waals surface area contributed by atoms with E-state index in [0.29, 0.717) is 12.6 Å². The van der Waals surface area contributed by atoms with E-state index < -0.39 is 0 Å². The van der Waals surface area contributed by atoms with E-state index in [9.17, 15) is 4.79 Å². The van der Waals surface area contributed by atoms with Crippen molar-refractivity contribution in [3.8, 4) is 5.75 Å². The molecule has 0 spiro atoms. The number of hydrogen-bond donors (Lipinski definition) is 2. The molecule has 0 aromatic heterocycles. The maximum atomic E-state index is 12.0. The van der Waals surface area contributed by atoms with E-state index in [1.807, 2.05) is 19.1 Å². The monoisotopic (exact) mass is 354 g/mol. The normalized spacial score (nSPS) is 15.8. The second kappa shape index (κ2) is 7.80. The Kier molecular flexibility index (Phi) is 6.06. The van der Waals surface area contributed by atoms with Gasteiger partial charge in [-0.2, -0.15) is 0 Å². The average molecular weight is 355 g/mol. The molecule has 2 rings (SSSR count). The minimum Gasteiger partial charge on any atom is -0.483 e. The highest BCUT2D eigenvalue weighted by Crippen LogP contribution is 2.27. The van der Waals surface area contributed by atoms with Gasteiger partial charge in [-0.15, -0.1) is 0 Å². The summed E-state index contributed by atoms with van der Waals surface area (Å²) in [5.41, 5.74) is 7.63. The summed E-state index contributed by atoms with van der Waals surface area (Å²) in [6.07, 6.45) is 5.85. The standard InChI is InChI=1S/C16H23BrN2O2/c1-11-7-13(17)8-12(9-18)16(11)21-10-15(20)19-14-5-3-2-4-6-14/h7-8,14H,2-6,9-10,18H2,1H3,(H,19,20). The summed E-state index contributed by atoms with van der Waals surface area (Å²) in [7, 11) is 0. The zero-order valence-corrected chi connectivity index (χ0v) is 14.0. The highest BCUT2D eigenvalue weighted by molar-refractivity contribution is 9.10. The van der Waals surface area contributed by atoms with E-state index in [1.54, 1.807) is 0 Å². The van der Waals surface area contributed by atoms with Gasteiger partial charge in [0.25, 0.3) is 5.91 Å². The summed E-state index contributed by atoms with van der Waals surface area (Å²) in [5, 5.41) is 3.05. The van der Waals surface area contributed by atoms with Crippen LogP contribution < -0.4 is 15.8 Å². The molecule has 1 amide bonds. The molecule has 0 atom stereocenters. The summed E-state index contributed by atoms with van der Waals surface area (Å²) >= 11 is 3.44. The van der Waals surface area contributed by atoms with Gasteiger partial charge in [0.15, 0.2) is 6.61 Å². The number of carbonyl (C=O) groups excluding carboxylic acids is 1. The fraction of sp³-hybridized carbons (Fsp3) is 0.562. The predicted octanol–water partition coefficient (Wildman–Crippen LogP) is 3.04. The number of hydrogen-bond acceptors (Lipinski definition) is 3. The Labute approximate surface area is 134 Å². The Morgan fingerprint density at radius 3 is 2.76 bits per heavy atom. The van der Waals surface area contributed by atoms with Gasteiger partial charge in [0.2, 0.25) is 0 Å². The molecule has 1 aliphatic rings. The van der Waals surface area contributed by atoms with E-state index >= 15 is 0 Å². The molecule has 0 bridgehead atoms. The third-order valence-electron chi connectivity index (χ3n) is 3.85. The Morgan fingerprint density at radius 2 is 2.10 bits per heavy atom. The number of amides is 1. The topological polar surface area (TPSA) is 64.3 Å². The van der Waals surface area contributed by atoms with Gasteiger partial charge in [0.1, 0.15) is 5.75 Å². The lowest BCUT2D eigenvalue weighted by Gasteiger charge is -2.23. The molecule has 0 radical (unpaired) electrons. The predicted molar refractivity (Wildman–Crippen MR) is 87.3 cm³/mol. The maximum Gasteiger partial charge on any atom is 0.258 e. The lowest BCUT2D eigenvalue weighted by atomic mass is 9.95. The number of benzene rings is 1. The van der Waals surface area contributed by atoms with Gasteiger partial charge in [-0.25, -0.2) is 0 Å². The third kappa shape index (κ3) is 4.71. The van der Waals surface area contributed by atoms with E-state index in [-0.39, 0.29) is 12.5 Å². The second-order valence-corrected chi connectivity index (χ2v) is 6.52. The summed E-state index contributed by atoms with van der Waals surface area (Å²) < 4.78 is 6.68. The first-order valence-corrected chi connectivity index (χ1v) is 8.30. The van der Waals surface area contributed by atoms with E-state index in [2.05, 4.69) is 21.2 Å². The summed E-state index contributed by atoms with van der Waals surface area (Å²) in [6.45, 7) is 2.39. The highest BCUT2D eigenvalue weighted by atomic mass is 79.9. The number of nitrogens with one attached hydrogen (secondary N) is 1. The van der Waals surface area contributed by atoms with Crippen LogP contribution in [0.5, 0.6) is 5.75 Å². The molecule has 1 aromatic carbocycles. The molecule has 21 heavy (non-hydrogen) atoms. The SMILES string of the molecule is Cc1cc(Br)cc(CN)c1OCC(=O)NC1CCCCC1. The number of rotatable bonds is 5. The molecule has 0 unspecified atom stereocenters. The van der Waals surface area contributed by atoms with Crippen LogP contribution in [0.1, 0.15) is 43.2 Å². The molecule has 0 heterocycles. The summed E-state index contributed by atoms with van der Waals surface area (Å²) in [6, 6.07) is 4.21. The third-order valence-corrected chi connectivity index (χ3v) is 4.31. The Morgan fingerprint density at radius 1 is 1.38 bits per heavy atom. The lowest BCUT2D eigenvalue weighted by molar-refractivity contribution is -0.124. The largest absolute Gasteiger partial charge is 0.483 e. The van der Waals surface area contributed by atoms with Crippen molar-refractivity contribution in [3.05, 3.63) is 27.7 Å². The van der Waals surface area contributed by atoms with E-state index in [1.165, 1.54) is 19.3 Å². The molecule has 1 saturated carbocycles. The van der Waals surface area contributed by atoms with Crippen LogP contribution in [0, 0.1) is 6.92 Å². The van der Waals surface area contributed by atoms with E-state index in [4.69, 9.17) is 10.5 Å². The number of ether oxygens (including phenoxy) is 1. The fourth-order valence-electron chi connectivity index (χ4n) is 2.81.